The molecule has 1 rings (SSSR count). The molecular weight excluding hydrogens is 345 g/mol. The van der Waals surface area contributed by atoms with Gasteiger partial charge in [0.2, 0.25) is 0 Å². The number of hydrogen-bond acceptors (Lipinski definition) is 8. The Morgan fingerprint density at radius 3 is 2.58 bits per heavy atom. The Hall–Kier alpha value is -1.32. The molecule has 1 heterocycles. The molecule has 1 aliphatic heterocycles. The van der Waals surface area contributed by atoms with Crippen LogP contribution in [0, 0.1) is 5.41 Å². The van der Waals surface area contributed by atoms with Gasteiger partial charge >= 0.3 is 139 Å². The summed E-state index contributed by atoms with van der Waals surface area (Å²) in [5.41, 5.74) is -0.781. The quantitative estimate of drug-likeness (QED) is 0.329. The van der Waals surface area contributed by atoms with Gasteiger partial charge in [-0.15, -0.1) is 0 Å². The molecule has 0 aromatic carbocycles. The van der Waals surface area contributed by atoms with Crippen LogP contribution in [0.2, 0.25) is 0 Å². The van der Waals surface area contributed by atoms with E-state index in [4.69, 9.17) is 18.7 Å². The van der Waals surface area contributed by atoms with Gasteiger partial charge in [0.15, 0.2) is 0 Å². The normalized spacial score (nSPS) is 24.5. The zero-order chi connectivity index (χ0) is 18.5. The van der Waals surface area contributed by atoms with E-state index < -0.39 is 50.4 Å². The zero-order valence-electron chi connectivity index (χ0n) is 14.0. The third-order valence-corrected chi connectivity index (χ3v) is 4.74. The summed E-state index contributed by atoms with van der Waals surface area (Å²) in [6.07, 6.45) is -1.36. The number of esters is 1. The predicted octanol–water partition coefficient (Wildman–Crippen LogP) is 0.347. The predicted molar refractivity (Wildman–Crippen MR) is 82.7 cm³/mol. The molecule has 0 spiro atoms. The van der Waals surface area contributed by atoms with Crippen LogP contribution in [0.3, 0.4) is 0 Å². The van der Waals surface area contributed by atoms with E-state index in [2.05, 4.69) is 10.1 Å². The Labute approximate surface area is 140 Å². The summed E-state index contributed by atoms with van der Waals surface area (Å²) >= 11 is 0. The van der Waals surface area contributed by atoms with Crippen LogP contribution in [0.1, 0.15) is 34.1 Å². The summed E-state index contributed by atoms with van der Waals surface area (Å²) in [4.78, 5) is 44.0. The fraction of sp³-hybridized carbons (Fsp3) is 0.769. The first kappa shape index (κ1) is 20.7. The number of ether oxygens (including phenoxy) is 1. The third-order valence-electron chi connectivity index (χ3n) is 3.21. The van der Waals surface area contributed by atoms with Crippen molar-refractivity contribution in [3.05, 3.63) is 0 Å². The first-order chi connectivity index (χ1) is 10.9. The van der Waals surface area contributed by atoms with E-state index in [1.54, 1.807) is 20.8 Å². The molecule has 140 valence electrons. The average Bonchev–Trinajstić information content (AvgIpc) is 2.40. The molecule has 1 saturated heterocycles. The Kier molecular flexibility index (Phi) is 7.06. The van der Waals surface area contributed by atoms with Crippen molar-refractivity contribution in [2.45, 2.75) is 46.3 Å². The van der Waals surface area contributed by atoms with Gasteiger partial charge in [0.05, 0.1) is 0 Å². The molecule has 0 radical (unpaired) electrons. The van der Waals surface area contributed by atoms with E-state index in [0.29, 0.717) is 0 Å². The number of hydrogen-bond donors (Lipinski definition) is 3. The fourth-order valence-electron chi connectivity index (χ4n) is 2.00. The fourth-order valence-corrected chi connectivity index (χ4v) is 3.70. The van der Waals surface area contributed by atoms with E-state index in [0.717, 1.165) is 0 Å². The minimum absolute atomic E-state index is 0.0266. The number of carboxylic acids is 1. The van der Waals surface area contributed by atoms with E-state index in [1.165, 1.54) is 6.92 Å². The Morgan fingerprint density at radius 1 is 1.42 bits per heavy atom. The molecule has 0 saturated carbocycles. The number of carboxylic acid groups (broad SMARTS) is 1. The number of aliphatic carboxylic acids is 1. The van der Waals surface area contributed by atoms with Crippen molar-refractivity contribution in [1.82, 2.24) is 5.32 Å². The summed E-state index contributed by atoms with van der Waals surface area (Å²) in [6.45, 7) is 5.50. The van der Waals surface area contributed by atoms with E-state index in [9.17, 15) is 19.3 Å². The summed E-state index contributed by atoms with van der Waals surface area (Å²) < 4.78 is 20.0. The number of carbonyl (C=O) groups is 3. The van der Waals surface area contributed by atoms with E-state index >= 15 is 0 Å². The third kappa shape index (κ3) is 6.29. The van der Waals surface area contributed by atoms with Crippen LogP contribution in [-0.2, 0) is 32.7 Å². The maximum absolute atomic E-state index is 12.4. The summed E-state index contributed by atoms with van der Waals surface area (Å²) in [5.74, 6) is -2.25. The molecule has 0 aliphatic carbocycles. The second-order valence-corrected chi connectivity index (χ2v) is 8.07. The van der Waals surface area contributed by atoms with Crippen molar-refractivity contribution in [1.29, 1.82) is 0 Å². The molecule has 1 fully saturated rings. The maximum atomic E-state index is 12.4. The molecule has 0 aromatic heterocycles. The SMILES string of the molecule is CC(=O)OCO[PH]1(O)OCC(C)(C)C(C(=O)NC(C)CC(=O)O)O1. The van der Waals surface area contributed by atoms with Gasteiger partial charge in [-0.2, -0.15) is 0 Å². The average molecular weight is 369 g/mol. The Morgan fingerprint density at radius 2 is 2.04 bits per heavy atom. The topological polar surface area (TPSA) is 141 Å². The van der Waals surface area contributed by atoms with Crippen LogP contribution >= 0.6 is 8.17 Å². The van der Waals surface area contributed by atoms with Crippen LogP contribution in [0.4, 0.5) is 0 Å². The van der Waals surface area contributed by atoms with Crippen molar-refractivity contribution < 1.29 is 42.7 Å². The molecule has 10 nitrogen and oxygen atoms in total. The van der Waals surface area contributed by atoms with Crippen molar-refractivity contribution in [2.75, 3.05) is 13.4 Å². The van der Waals surface area contributed by atoms with Gasteiger partial charge in [0.25, 0.3) is 0 Å². The molecule has 0 bridgehead atoms. The van der Waals surface area contributed by atoms with Gasteiger partial charge in [0.1, 0.15) is 0 Å². The van der Waals surface area contributed by atoms with E-state index in [-0.39, 0.29) is 13.0 Å². The number of rotatable bonds is 7. The van der Waals surface area contributed by atoms with Crippen molar-refractivity contribution in [3.63, 3.8) is 0 Å². The van der Waals surface area contributed by atoms with Crippen molar-refractivity contribution >= 4 is 26.0 Å². The monoisotopic (exact) mass is 369 g/mol. The van der Waals surface area contributed by atoms with Crippen LogP contribution in [0.25, 0.3) is 0 Å². The minimum atomic E-state index is -4.16. The summed E-state index contributed by atoms with van der Waals surface area (Å²) in [5, 5.41) is 11.3. The molecule has 11 heteroatoms. The van der Waals surface area contributed by atoms with Gasteiger partial charge in [-0.25, -0.2) is 0 Å². The number of nitrogens with one attached hydrogen (secondary N) is 1. The van der Waals surface area contributed by atoms with Gasteiger partial charge in [-0.1, -0.05) is 0 Å². The second kappa shape index (κ2) is 8.17. The molecule has 0 aromatic rings. The van der Waals surface area contributed by atoms with Gasteiger partial charge < -0.3 is 0 Å². The molecule has 2 atom stereocenters. The Bertz CT molecular complexity index is 498. The zero-order valence-corrected chi connectivity index (χ0v) is 15.0. The van der Waals surface area contributed by atoms with Crippen molar-refractivity contribution in [3.8, 4) is 0 Å². The molecule has 1 amide bonds. The van der Waals surface area contributed by atoms with Gasteiger partial charge in [-0.3, -0.25) is 0 Å². The number of amides is 1. The molecule has 1 aliphatic rings. The van der Waals surface area contributed by atoms with E-state index in [1.807, 2.05) is 0 Å². The van der Waals surface area contributed by atoms with Crippen LogP contribution < -0.4 is 5.32 Å². The van der Waals surface area contributed by atoms with Crippen LogP contribution in [0.15, 0.2) is 0 Å². The Balaban J connectivity index is 2.72. The van der Waals surface area contributed by atoms with Gasteiger partial charge in [-0.05, 0) is 0 Å². The standard InChI is InChI=1S/C13H24NO9P/c1-8(5-10(16)17)14-12(18)11-13(3,4)6-21-24(19,23-11)22-7-20-9(2)15/h8,11,19,24H,5-7H2,1-4H3,(H,14,18)(H,16,17). The molecule has 24 heavy (non-hydrogen) atoms. The van der Waals surface area contributed by atoms with Crippen molar-refractivity contribution in [2.24, 2.45) is 5.41 Å². The van der Waals surface area contributed by atoms with Crippen LogP contribution in [0.5, 0.6) is 0 Å². The summed E-state index contributed by atoms with van der Waals surface area (Å²) in [6, 6.07) is -0.617. The van der Waals surface area contributed by atoms with Gasteiger partial charge in [0, 0.05) is 0 Å². The molecule has 3 N–H and O–H groups in total. The first-order valence-corrected chi connectivity index (χ1v) is 8.96. The number of carbonyl (C=O) groups excluding carboxylic acids is 2. The second-order valence-electron chi connectivity index (χ2n) is 6.20. The molecular formula is C13H24NO9P. The molecule has 2 unspecified atom stereocenters. The summed E-state index contributed by atoms with van der Waals surface area (Å²) in [7, 11) is -4.16. The first-order valence-electron chi connectivity index (χ1n) is 7.29. The van der Waals surface area contributed by atoms with Crippen LogP contribution in [-0.4, -0.2) is 53.4 Å².